The number of nitro groups is 1. The van der Waals surface area contributed by atoms with Gasteiger partial charge in [0.25, 0.3) is 15.8 Å². The van der Waals surface area contributed by atoms with Crippen molar-refractivity contribution in [1.29, 1.82) is 5.26 Å². The van der Waals surface area contributed by atoms with E-state index in [9.17, 15) is 18.5 Å². The number of anilines is 1. The summed E-state index contributed by atoms with van der Waals surface area (Å²) in [5.74, 6) is 0. The second kappa shape index (κ2) is 5.44. The monoisotopic (exact) mass is 271 g/mol. The summed E-state index contributed by atoms with van der Waals surface area (Å²) in [6.45, 7) is -0.309. The van der Waals surface area contributed by atoms with Gasteiger partial charge in [-0.3, -0.25) is 14.3 Å². The Morgan fingerprint density at radius 2 is 2.17 bits per heavy atom. The highest BCUT2D eigenvalue weighted by molar-refractivity contribution is 7.86. The van der Waals surface area contributed by atoms with E-state index in [1.807, 2.05) is 0 Å². The van der Waals surface area contributed by atoms with Crippen LogP contribution in [0.25, 0.3) is 0 Å². The molecular formula is C9H9N3O5S. The van der Waals surface area contributed by atoms with Crippen LogP contribution < -0.4 is 5.73 Å². The fourth-order valence-electron chi connectivity index (χ4n) is 1.10. The summed E-state index contributed by atoms with van der Waals surface area (Å²) < 4.78 is 27.7. The molecule has 0 aliphatic rings. The minimum atomic E-state index is -4.12. The van der Waals surface area contributed by atoms with Gasteiger partial charge in [0.15, 0.2) is 0 Å². The predicted molar refractivity (Wildman–Crippen MR) is 60.9 cm³/mol. The van der Waals surface area contributed by atoms with E-state index in [4.69, 9.17) is 11.0 Å². The van der Waals surface area contributed by atoms with Crippen LogP contribution >= 0.6 is 0 Å². The molecule has 0 saturated carbocycles. The van der Waals surface area contributed by atoms with Gasteiger partial charge in [-0.15, -0.1) is 0 Å². The van der Waals surface area contributed by atoms with Crippen molar-refractivity contribution in [3.8, 4) is 6.07 Å². The fraction of sp³-hybridized carbons (Fsp3) is 0.222. The highest BCUT2D eigenvalue weighted by atomic mass is 32.2. The van der Waals surface area contributed by atoms with E-state index in [-0.39, 0.29) is 23.6 Å². The van der Waals surface area contributed by atoms with Crippen LogP contribution in [0.1, 0.15) is 6.42 Å². The van der Waals surface area contributed by atoms with Crippen LogP contribution in [0.15, 0.2) is 23.1 Å². The van der Waals surface area contributed by atoms with Gasteiger partial charge < -0.3 is 5.73 Å². The molecule has 1 aromatic rings. The molecular weight excluding hydrogens is 262 g/mol. The number of nitrogens with zero attached hydrogens (tertiary/aromatic N) is 2. The molecule has 0 radical (unpaired) electrons. The van der Waals surface area contributed by atoms with Crippen molar-refractivity contribution in [2.24, 2.45) is 0 Å². The minimum absolute atomic E-state index is 0.101. The highest BCUT2D eigenvalue weighted by Gasteiger charge is 2.20. The Morgan fingerprint density at radius 1 is 1.50 bits per heavy atom. The van der Waals surface area contributed by atoms with Crippen LogP contribution in [0.2, 0.25) is 0 Å². The Hall–Kier alpha value is -2.18. The lowest BCUT2D eigenvalue weighted by molar-refractivity contribution is -0.384. The van der Waals surface area contributed by atoms with Crippen molar-refractivity contribution in [3.05, 3.63) is 28.3 Å². The molecule has 0 fully saturated rings. The summed E-state index contributed by atoms with van der Waals surface area (Å²) in [5, 5.41) is 18.9. The molecule has 0 aliphatic carbocycles. The average molecular weight is 271 g/mol. The number of hydrogen-bond acceptors (Lipinski definition) is 7. The zero-order valence-electron chi connectivity index (χ0n) is 9.07. The lowest BCUT2D eigenvalue weighted by Crippen LogP contribution is -2.08. The van der Waals surface area contributed by atoms with Crippen molar-refractivity contribution in [2.75, 3.05) is 12.3 Å². The molecule has 0 heterocycles. The zero-order valence-corrected chi connectivity index (χ0v) is 9.88. The summed E-state index contributed by atoms with van der Waals surface area (Å²) in [6, 6.07) is 4.74. The second-order valence-electron chi connectivity index (χ2n) is 3.16. The fourth-order valence-corrected chi connectivity index (χ4v) is 2.03. The van der Waals surface area contributed by atoms with Crippen molar-refractivity contribution < 1.29 is 17.5 Å². The molecule has 18 heavy (non-hydrogen) atoms. The van der Waals surface area contributed by atoms with Crippen LogP contribution in [0.5, 0.6) is 0 Å². The van der Waals surface area contributed by atoms with Gasteiger partial charge in [0.1, 0.15) is 10.6 Å². The first-order valence-electron chi connectivity index (χ1n) is 4.69. The third kappa shape index (κ3) is 3.16. The van der Waals surface area contributed by atoms with Crippen LogP contribution in [0, 0.1) is 21.4 Å². The van der Waals surface area contributed by atoms with Crippen molar-refractivity contribution >= 4 is 21.5 Å². The third-order valence-corrected chi connectivity index (χ3v) is 3.25. The van der Waals surface area contributed by atoms with E-state index in [1.165, 1.54) is 0 Å². The number of nitrogens with two attached hydrogens (primary N) is 1. The predicted octanol–water partition coefficient (Wildman–Crippen LogP) is 0.796. The van der Waals surface area contributed by atoms with Crippen molar-refractivity contribution in [1.82, 2.24) is 0 Å². The lowest BCUT2D eigenvalue weighted by atomic mass is 10.3. The number of nitriles is 1. The molecule has 0 aromatic heterocycles. The van der Waals surface area contributed by atoms with Gasteiger partial charge in [0, 0.05) is 6.07 Å². The first-order chi connectivity index (χ1) is 8.38. The van der Waals surface area contributed by atoms with Gasteiger partial charge in [0.05, 0.1) is 24.0 Å². The van der Waals surface area contributed by atoms with Gasteiger partial charge in [-0.05, 0) is 12.1 Å². The molecule has 0 amide bonds. The van der Waals surface area contributed by atoms with E-state index < -0.39 is 20.7 Å². The lowest BCUT2D eigenvalue weighted by Gasteiger charge is -2.04. The summed E-state index contributed by atoms with van der Waals surface area (Å²) in [5.41, 5.74) is 4.68. The van der Waals surface area contributed by atoms with Gasteiger partial charge in [0.2, 0.25) is 0 Å². The van der Waals surface area contributed by atoms with Crippen LogP contribution in [-0.2, 0) is 14.3 Å². The molecule has 96 valence electrons. The minimum Gasteiger partial charge on any atom is -0.393 e. The SMILES string of the molecule is N#CCCOS(=O)(=O)c1ccc(N)c([N+](=O)[O-])c1. The number of nitro benzene ring substituents is 1. The second-order valence-corrected chi connectivity index (χ2v) is 4.78. The Morgan fingerprint density at radius 3 is 2.72 bits per heavy atom. The molecule has 2 N–H and O–H groups in total. The van der Waals surface area contributed by atoms with E-state index in [2.05, 4.69) is 4.18 Å². The molecule has 0 saturated heterocycles. The van der Waals surface area contributed by atoms with Crippen LogP contribution in [-0.4, -0.2) is 19.9 Å². The quantitative estimate of drug-likeness (QED) is 0.275. The average Bonchev–Trinajstić information content (AvgIpc) is 2.29. The normalized spacial score (nSPS) is 10.8. The molecule has 9 heteroatoms. The standard InChI is InChI=1S/C9H9N3O5S/c10-4-1-5-17-18(15,16)7-2-3-8(11)9(6-7)12(13)14/h2-3,6H,1,5,11H2. The maximum Gasteiger partial charge on any atom is 0.297 e. The van der Waals surface area contributed by atoms with E-state index in [1.54, 1.807) is 6.07 Å². The molecule has 1 aromatic carbocycles. The molecule has 8 nitrogen and oxygen atoms in total. The van der Waals surface area contributed by atoms with Crippen LogP contribution in [0.4, 0.5) is 11.4 Å². The summed E-state index contributed by atoms with van der Waals surface area (Å²) in [4.78, 5) is 9.45. The maximum atomic E-state index is 11.6. The smallest absolute Gasteiger partial charge is 0.297 e. The molecule has 0 unspecified atom stereocenters. The number of benzene rings is 1. The summed E-state index contributed by atoms with van der Waals surface area (Å²) >= 11 is 0. The Balaban J connectivity index is 3.07. The molecule has 0 aliphatic heterocycles. The van der Waals surface area contributed by atoms with E-state index in [0.717, 1.165) is 18.2 Å². The van der Waals surface area contributed by atoms with Gasteiger partial charge >= 0.3 is 0 Å². The molecule has 1 rings (SSSR count). The summed E-state index contributed by atoms with van der Waals surface area (Å²) in [7, 11) is -4.12. The maximum absolute atomic E-state index is 11.6. The van der Waals surface area contributed by atoms with Crippen molar-refractivity contribution in [2.45, 2.75) is 11.3 Å². The topological polar surface area (TPSA) is 136 Å². The number of rotatable bonds is 5. The number of nitrogen functional groups attached to an aromatic ring is 1. The first kappa shape index (κ1) is 13.9. The van der Waals surface area contributed by atoms with Crippen molar-refractivity contribution in [3.63, 3.8) is 0 Å². The summed E-state index contributed by atoms with van der Waals surface area (Å²) in [6.07, 6.45) is -0.101. The largest absolute Gasteiger partial charge is 0.393 e. The Kier molecular flexibility index (Phi) is 4.19. The van der Waals surface area contributed by atoms with Gasteiger partial charge in [-0.1, -0.05) is 0 Å². The Bertz CT molecular complexity index is 605. The van der Waals surface area contributed by atoms with Gasteiger partial charge in [-0.25, -0.2) is 0 Å². The third-order valence-electron chi connectivity index (χ3n) is 1.94. The highest BCUT2D eigenvalue weighted by Crippen LogP contribution is 2.25. The van der Waals surface area contributed by atoms with E-state index >= 15 is 0 Å². The zero-order chi connectivity index (χ0) is 13.8. The number of hydrogen-bond donors (Lipinski definition) is 1. The Labute approximate surface area is 103 Å². The van der Waals surface area contributed by atoms with Crippen LogP contribution in [0.3, 0.4) is 0 Å². The van der Waals surface area contributed by atoms with E-state index in [0.29, 0.717) is 0 Å². The van der Waals surface area contributed by atoms with Gasteiger partial charge in [-0.2, -0.15) is 13.7 Å². The molecule has 0 atom stereocenters. The first-order valence-corrected chi connectivity index (χ1v) is 6.09. The molecule has 0 bridgehead atoms. The molecule has 0 spiro atoms.